The Labute approximate surface area is 120 Å². The lowest BCUT2D eigenvalue weighted by molar-refractivity contribution is -0.137. The van der Waals surface area contributed by atoms with E-state index in [-0.39, 0.29) is 6.54 Å². The molecule has 108 valence electrons. The highest BCUT2D eigenvalue weighted by Crippen LogP contribution is 2.34. The van der Waals surface area contributed by atoms with E-state index in [9.17, 15) is 4.79 Å². The van der Waals surface area contributed by atoms with E-state index in [1.165, 1.54) is 6.33 Å². The normalized spacial score (nSPS) is 11.1. The largest absolute Gasteiger partial charge is 0.496 e. The van der Waals surface area contributed by atoms with Gasteiger partial charge in [0.2, 0.25) is 0 Å². The lowest BCUT2D eigenvalue weighted by Gasteiger charge is -2.07. The van der Waals surface area contributed by atoms with Crippen LogP contribution in [0.25, 0.3) is 21.9 Å². The summed E-state index contributed by atoms with van der Waals surface area (Å²) in [5, 5.41) is 10.6. The number of aromatic nitrogens is 3. The number of nitrogens with two attached hydrogens (primary N) is 1. The Bertz CT molecular complexity index is 870. The van der Waals surface area contributed by atoms with Gasteiger partial charge in [-0.2, -0.15) is 0 Å². The van der Waals surface area contributed by atoms with Crippen molar-refractivity contribution in [1.82, 2.24) is 14.5 Å². The van der Waals surface area contributed by atoms with Crippen LogP contribution >= 0.6 is 0 Å². The van der Waals surface area contributed by atoms with Crippen molar-refractivity contribution < 1.29 is 14.6 Å². The van der Waals surface area contributed by atoms with Crippen LogP contribution in [0.1, 0.15) is 5.56 Å². The first-order valence-electron chi connectivity index (χ1n) is 6.31. The third-order valence-corrected chi connectivity index (χ3v) is 3.48. The first-order valence-corrected chi connectivity index (χ1v) is 6.31. The standard InChI is InChI=1S/C14H14N4O3/c1-7-3-8-9(4-10(7)21-2)18(5-11(19)20)14-12(8)13(15)16-6-17-14/h3-4,6H,5H2,1-2H3,(H,19,20)(H2,15,16,17). The smallest absolute Gasteiger partial charge is 0.323 e. The van der Waals surface area contributed by atoms with Gasteiger partial charge in [-0.25, -0.2) is 9.97 Å². The number of ether oxygens (including phenoxy) is 1. The fraction of sp³-hybridized carbons (Fsp3) is 0.214. The number of carboxylic acids is 1. The van der Waals surface area contributed by atoms with Crippen molar-refractivity contribution in [2.45, 2.75) is 13.5 Å². The van der Waals surface area contributed by atoms with Crippen molar-refractivity contribution >= 4 is 33.7 Å². The van der Waals surface area contributed by atoms with Crippen LogP contribution in [0, 0.1) is 6.92 Å². The maximum atomic E-state index is 11.1. The molecule has 0 spiro atoms. The molecule has 0 bridgehead atoms. The zero-order chi connectivity index (χ0) is 15.1. The summed E-state index contributed by atoms with van der Waals surface area (Å²) in [6.07, 6.45) is 1.33. The monoisotopic (exact) mass is 286 g/mol. The number of hydrogen-bond donors (Lipinski definition) is 2. The van der Waals surface area contributed by atoms with E-state index in [2.05, 4.69) is 9.97 Å². The maximum absolute atomic E-state index is 11.1. The number of aliphatic carboxylic acids is 1. The summed E-state index contributed by atoms with van der Waals surface area (Å²) < 4.78 is 6.92. The highest BCUT2D eigenvalue weighted by atomic mass is 16.5. The molecular weight excluding hydrogens is 272 g/mol. The highest BCUT2D eigenvalue weighted by molar-refractivity contribution is 6.12. The fourth-order valence-corrected chi connectivity index (χ4v) is 2.58. The van der Waals surface area contributed by atoms with Crippen LogP contribution in [0.5, 0.6) is 5.75 Å². The molecule has 0 aliphatic rings. The number of aryl methyl sites for hydroxylation is 1. The van der Waals surface area contributed by atoms with Gasteiger partial charge in [0.05, 0.1) is 18.0 Å². The van der Waals surface area contributed by atoms with Crippen molar-refractivity contribution in [3.8, 4) is 5.75 Å². The van der Waals surface area contributed by atoms with Crippen LogP contribution in [0.4, 0.5) is 5.82 Å². The van der Waals surface area contributed by atoms with Crippen LogP contribution in [0.2, 0.25) is 0 Å². The minimum absolute atomic E-state index is 0.206. The quantitative estimate of drug-likeness (QED) is 0.757. The van der Waals surface area contributed by atoms with Gasteiger partial charge in [-0.15, -0.1) is 0 Å². The molecule has 2 heterocycles. The van der Waals surface area contributed by atoms with Gasteiger partial charge in [0.15, 0.2) is 0 Å². The molecule has 3 N–H and O–H groups in total. The zero-order valence-corrected chi connectivity index (χ0v) is 11.6. The second kappa shape index (κ2) is 4.62. The van der Waals surface area contributed by atoms with Crippen LogP contribution in [0.3, 0.4) is 0 Å². The lowest BCUT2D eigenvalue weighted by atomic mass is 10.1. The first-order chi connectivity index (χ1) is 10.0. The number of nitrogens with zero attached hydrogens (tertiary/aromatic N) is 3. The van der Waals surface area contributed by atoms with Gasteiger partial charge in [-0.1, -0.05) is 0 Å². The predicted octanol–water partition coefficient (Wildman–Crippen LogP) is 1.57. The topological polar surface area (TPSA) is 103 Å². The maximum Gasteiger partial charge on any atom is 0.323 e. The van der Waals surface area contributed by atoms with Crippen molar-refractivity contribution in [2.24, 2.45) is 0 Å². The second-order valence-electron chi connectivity index (χ2n) is 4.78. The number of benzene rings is 1. The highest BCUT2D eigenvalue weighted by Gasteiger charge is 2.18. The molecule has 2 aromatic heterocycles. The molecule has 0 fully saturated rings. The molecule has 0 radical (unpaired) electrons. The number of hydrogen-bond acceptors (Lipinski definition) is 5. The molecule has 0 unspecified atom stereocenters. The molecule has 1 aromatic carbocycles. The average molecular weight is 286 g/mol. The molecule has 7 heteroatoms. The van der Waals surface area contributed by atoms with E-state index in [4.69, 9.17) is 15.6 Å². The van der Waals surface area contributed by atoms with Crippen LogP contribution in [0.15, 0.2) is 18.5 Å². The van der Waals surface area contributed by atoms with Crippen molar-refractivity contribution in [3.05, 3.63) is 24.0 Å². The molecule has 0 saturated carbocycles. The molecule has 0 saturated heterocycles. The van der Waals surface area contributed by atoms with Crippen LogP contribution < -0.4 is 10.5 Å². The fourth-order valence-electron chi connectivity index (χ4n) is 2.58. The average Bonchev–Trinajstić information content (AvgIpc) is 2.72. The molecule has 0 aliphatic heterocycles. The molecule has 3 aromatic rings. The van der Waals surface area contributed by atoms with E-state index < -0.39 is 5.97 Å². The minimum Gasteiger partial charge on any atom is -0.496 e. The third-order valence-electron chi connectivity index (χ3n) is 3.48. The van der Waals surface area contributed by atoms with Gasteiger partial charge in [-0.3, -0.25) is 4.79 Å². The van der Waals surface area contributed by atoms with E-state index in [0.717, 1.165) is 10.9 Å². The second-order valence-corrected chi connectivity index (χ2v) is 4.78. The van der Waals surface area contributed by atoms with Crippen LogP contribution in [-0.4, -0.2) is 32.7 Å². The summed E-state index contributed by atoms with van der Waals surface area (Å²) in [7, 11) is 1.58. The van der Waals surface area contributed by atoms with E-state index in [1.807, 2.05) is 13.0 Å². The van der Waals surface area contributed by atoms with Crippen molar-refractivity contribution in [1.29, 1.82) is 0 Å². The molecule has 0 aliphatic carbocycles. The molecule has 3 rings (SSSR count). The summed E-state index contributed by atoms with van der Waals surface area (Å²) >= 11 is 0. The van der Waals surface area contributed by atoms with E-state index in [0.29, 0.717) is 28.1 Å². The summed E-state index contributed by atoms with van der Waals surface area (Å²) in [6, 6.07) is 3.71. The molecule has 0 atom stereocenters. The Kier molecular flexibility index (Phi) is 2.90. The Morgan fingerprint density at radius 2 is 2.19 bits per heavy atom. The van der Waals surface area contributed by atoms with Gasteiger partial charge in [-0.05, 0) is 18.6 Å². The minimum atomic E-state index is -0.953. The van der Waals surface area contributed by atoms with E-state index >= 15 is 0 Å². The number of anilines is 1. The predicted molar refractivity (Wildman–Crippen MR) is 78.4 cm³/mol. The van der Waals surface area contributed by atoms with Crippen LogP contribution in [-0.2, 0) is 11.3 Å². The number of carbonyl (C=O) groups is 1. The third kappa shape index (κ3) is 1.94. The van der Waals surface area contributed by atoms with Gasteiger partial charge < -0.3 is 20.1 Å². The number of nitrogen functional groups attached to an aromatic ring is 1. The van der Waals surface area contributed by atoms with Crippen molar-refractivity contribution in [2.75, 3.05) is 12.8 Å². The number of fused-ring (bicyclic) bond motifs is 3. The Morgan fingerprint density at radius 3 is 2.86 bits per heavy atom. The summed E-state index contributed by atoms with van der Waals surface area (Å²) in [5.41, 5.74) is 8.09. The number of rotatable bonds is 3. The van der Waals surface area contributed by atoms with Crippen molar-refractivity contribution in [3.63, 3.8) is 0 Å². The molecule has 0 amide bonds. The van der Waals surface area contributed by atoms with E-state index in [1.54, 1.807) is 17.7 Å². The van der Waals surface area contributed by atoms with Gasteiger partial charge >= 0.3 is 5.97 Å². The van der Waals surface area contributed by atoms with Gasteiger partial charge in [0.1, 0.15) is 30.1 Å². The zero-order valence-electron chi connectivity index (χ0n) is 11.6. The Balaban J connectivity index is 2.49. The summed E-state index contributed by atoms with van der Waals surface area (Å²) in [6.45, 7) is 1.71. The molecule has 21 heavy (non-hydrogen) atoms. The summed E-state index contributed by atoms with van der Waals surface area (Å²) in [4.78, 5) is 19.3. The molecule has 7 nitrogen and oxygen atoms in total. The lowest BCUT2D eigenvalue weighted by Crippen LogP contribution is -2.09. The van der Waals surface area contributed by atoms with Gasteiger partial charge in [0.25, 0.3) is 0 Å². The number of carboxylic acid groups (broad SMARTS) is 1. The summed E-state index contributed by atoms with van der Waals surface area (Å²) in [5.74, 6) is 0.0627. The Hall–Kier alpha value is -2.83. The van der Waals surface area contributed by atoms with Gasteiger partial charge in [0, 0.05) is 11.5 Å². The SMILES string of the molecule is COc1cc2c(cc1C)c1c(N)ncnc1n2CC(=O)O. The Morgan fingerprint density at radius 1 is 1.43 bits per heavy atom. The first kappa shape index (κ1) is 13.2. The molecular formula is C14H14N4O3. The number of methoxy groups -OCH3 is 1.